The minimum atomic E-state index is 0.0405. The highest BCUT2D eigenvalue weighted by atomic mass is 16.5. The van der Waals surface area contributed by atoms with E-state index < -0.39 is 0 Å². The van der Waals surface area contributed by atoms with Crippen LogP contribution < -0.4 is 10.5 Å². The average molecular weight is 191 g/mol. The van der Waals surface area contributed by atoms with Crippen LogP contribution >= 0.6 is 0 Å². The van der Waals surface area contributed by atoms with Crippen LogP contribution in [0.15, 0.2) is 42.5 Å². The number of ether oxygens (including phenoxy) is 1. The molecule has 0 aliphatic heterocycles. The van der Waals surface area contributed by atoms with Gasteiger partial charge in [0.1, 0.15) is 5.75 Å². The van der Waals surface area contributed by atoms with E-state index in [1.165, 1.54) is 0 Å². The number of benzene rings is 1. The van der Waals surface area contributed by atoms with Gasteiger partial charge in [0, 0.05) is 12.5 Å². The van der Waals surface area contributed by atoms with Crippen molar-refractivity contribution in [1.29, 1.82) is 0 Å². The van der Waals surface area contributed by atoms with Crippen LogP contribution in [0, 0.1) is 0 Å². The first-order valence-corrected chi connectivity index (χ1v) is 4.79. The van der Waals surface area contributed by atoms with Crippen LogP contribution in [-0.2, 0) is 0 Å². The third-order valence-corrected chi connectivity index (χ3v) is 2.07. The lowest BCUT2D eigenvalue weighted by Crippen LogP contribution is -2.23. The Kier molecular flexibility index (Phi) is 4.20. The summed E-state index contributed by atoms with van der Waals surface area (Å²) in [5.41, 5.74) is 6.80. The van der Waals surface area contributed by atoms with Gasteiger partial charge in [0.05, 0.1) is 6.61 Å². The predicted octanol–water partition coefficient (Wildman–Crippen LogP) is 2.36. The molecule has 1 rings (SSSR count). The summed E-state index contributed by atoms with van der Waals surface area (Å²) >= 11 is 0. The fraction of sp³-hybridized carbons (Fsp3) is 0.333. The lowest BCUT2D eigenvalue weighted by Gasteiger charge is -2.11. The normalized spacial score (nSPS) is 12.1. The van der Waals surface area contributed by atoms with E-state index in [1.54, 1.807) is 0 Å². The Bertz CT molecular complexity index is 282. The molecule has 2 N–H and O–H groups in total. The fourth-order valence-electron chi connectivity index (χ4n) is 1.07. The van der Waals surface area contributed by atoms with Crippen LogP contribution in [0.25, 0.3) is 0 Å². The molecule has 1 atom stereocenters. The topological polar surface area (TPSA) is 35.2 Å². The van der Waals surface area contributed by atoms with E-state index in [0.717, 1.165) is 17.7 Å². The molecule has 76 valence electrons. The molecule has 0 aromatic heterocycles. The SMILES string of the molecule is C=C(C)C(N)CCOc1ccccc1. The zero-order valence-electron chi connectivity index (χ0n) is 8.57. The van der Waals surface area contributed by atoms with Crippen molar-refractivity contribution in [1.82, 2.24) is 0 Å². The number of rotatable bonds is 5. The molecule has 2 nitrogen and oxygen atoms in total. The highest BCUT2D eigenvalue weighted by Gasteiger charge is 2.02. The Hall–Kier alpha value is -1.28. The van der Waals surface area contributed by atoms with Gasteiger partial charge in [-0.3, -0.25) is 0 Å². The molecule has 0 aliphatic carbocycles. The predicted molar refractivity (Wildman–Crippen MR) is 59.3 cm³/mol. The summed E-state index contributed by atoms with van der Waals surface area (Å²) in [6.07, 6.45) is 0.810. The molecular weight excluding hydrogens is 174 g/mol. The van der Waals surface area contributed by atoms with Gasteiger partial charge in [0.15, 0.2) is 0 Å². The van der Waals surface area contributed by atoms with E-state index >= 15 is 0 Å². The van der Waals surface area contributed by atoms with Crippen LogP contribution in [0.3, 0.4) is 0 Å². The van der Waals surface area contributed by atoms with Crippen molar-refractivity contribution < 1.29 is 4.74 Å². The van der Waals surface area contributed by atoms with E-state index in [2.05, 4.69) is 6.58 Å². The number of hydrogen-bond acceptors (Lipinski definition) is 2. The van der Waals surface area contributed by atoms with Gasteiger partial charge < -0.3 is 10.5 Å². The lowest BCUT2D eigenvalue weighted by molar-refractivity contribution is 0.303. The van der Waals surface area contributed by atoms with Crippen LogP contribution in [0.1, 0.15) is 13.3 Å². The standard InChI is InChI=1S/C12H17NO/c1-10(2)12(13)8-9-14-11-6-4-3-5-7-11/h3-7,12H,1,8-9,13H2,2H3. The van der Waals surface area contributed by atoms with E-state index in [9.17, 15) is 0 Å². The molecule has 0 fully saturated rings. The number of nitrogens with two attached hydrogens (primary N) is 1. The zero-order valence-corrected chi connectivity index (χ0v) is 8.57. The van der Waals surface area contributed by atoms with Gasteiger partial charge in [-0.05, 0) is 19.1 Å². The molecule has 0 radical (unpaired) electrons. The van der Waals surface area contributed by atoms with Crippen LogP contribution in [0.2, 0.25) is 0 Å². The first-order chi connectivity index (χ1) is 6.70. The van der Waals surface area contributed by atoms with Crippen molar-refractivity contribution in [2.45, 2.75) is 19.4 Å². The molecule has 0 spiro atoms. The maximum absolute atomic E-state index is 5.80. The lowest BCUT2D eigenvalue weighted by atomic mass is 10.1. The Morgan fingerprint density at radius 3 is 2.64 bits per heavy atom. The van der Waals surface area contributed by atoms with Crippen molar-refractivity contribution in [2.75, 3.05) is 6.61 Å². The van der Waals surface area contributed by atoms with Gasteiger partial charge in [-0.1, -0.05) is 30.4 Å². The maximum Gasteiger partial charge on any atom is 0.119 e. The second kappa shape index (κ2) is 5.45. The van der Waals surface area contributed by atoms with Gasteiger partial charge >= 0.3 is 0 Å². The van der Waals surface area contributed by atoms with Gasteiger partial charge in [0.2, 0.25) is 0 Å². The van der Waals surface area contributed by atoms with Crippen molar-refractivity contribution in [3.63, 3.8) is 0 Å². The molecule has 0 heterocycles. The van der Waals surface area contributed by atoms with Crippen LogP contribution in [0.4, 0.5) is 0 Å². The molecule has 14 heavy (non-hydrogen) atoms. The highest BCUT2D eigenvalue weighted by molar-refractivity contribution is 5.20. The Morgan fingerprint density at radius 1 is 1.43 bits per heavy atom. The minimum Gasteiger partial charge on any atom is -0.494 e. The summed E-state index contributed by atoms with van der Waals surface area (Å²) in [5.74, 6) is 0.890. The molecule has 0 saturated heterocycles. The Morgan fingerprint density at radius 2 is 2.07 bits per heavy atom. The molecule has 0 amide bonds. The van der Waals surface area contributed by atoms with Gasteiger partial charge in [0.25, 0.3) is 0 Å². The fourth-order valence-corrected chi connectivity index (χ4v) is 1.07. The Labute approximate surface area is 85.4 Å². The van der Waals surface area contributed by atoms with Crippen molar-refractivity contribution >= 4 is 0 Å². The molecular formula is C12H17NO. The highest BCUT2D eigenvalue weighted by Crippen LogP contribution is 2.09. The van der Waals surface area contributed by atoms with Crippen molar-refractivity contribution in [2.24, 2.45) is 5.73 Å². The summed E-state index contributed by atoms with van der Waals surface area (Å²) in [7, 11) is 0. The third kappa shape index (κ3) is 3.62. The summed E-state index contributed by atoms with van der Waals surface area (Å²) in [5, 5.41) is 0. The first kappa shape index (κ1) is 10.8. The molecule has 0 aliphatic rings. The van der Waals surface area contributed by atoms with E-state index in [-0.39, 0.29) is 6.04 Å². The first-order valence-electron chi connectivity index (χ1n) is 4.79. The number of para-hydroxylation sites is 1. The minimum absolute atomic E-state index is 0.0405. The molecule has 1 aromatic carbocycles. The number of hydrogen-bond donors (Lipinski definition) is 1. The van der Waals surface area contributed by atoms with Crippen molar-refractivity contribution in [3.8, 4) is 5.75 Å². The largest absolute Gasteiger partial charge is 0.494 e. The molecule has 0 bridgehead atoms. The summed E-state index contributed by atoms with van der Waals surface area (Å²) in [4.78, 5) is 0. The molecule has 2 heteroatoms. The molecule has 1 aromatic rings. The van der Waals surface area contributed by atoms with E-state index in [0.29, 0.717) is 6.61 Å². The van der Waals surface area contributed by atoms with E-state index in [4.69, 9.17) is 10.5 Å². The zero-order chi connectivity index (χ0) is 10.4. The summed E-state index contributed by atoms with van der Waals surface area (Å²) in [6, 6.07) is 9.78. The van der Waals surface area contributed by atoms with Crippen molar-refractivity contribution in [3.05, 3.63) is 42.5 Å². The monoisotopic (exact) mass is 191 g/mol. The Balaban J connectivity index is 2.26. The summed E-state index contributed by atoms with van der Waals surface area (Å²) in [6.45, 7) is 6.37. The second-order valence-corrected chi connectivity index (χ2v) is 3.40. The van der Waals surface area contributed by atoms with Crippen LogP contribution in [-0.4, -0.2) is 12.6 Å². The second-order valence-electron chi connectivity index (χ2n) is 3.40. The maximum atomic E-state index is 5.80. The molecule has 0 saturated carbocycles. The van der Waals surface area contributed by atoms with Gasteiger partial charge in [-0.2, -0.15) is 0 Å². The summed E-state index contributed by atoms with van der Waals surface area (Å²) < 4.78 is 5.51. The third-order valence-electron chi connectivity index (χ3n) is 2.07. The van der Waals surface area contributed by atoms with Crippen LogP contribution in [0.5, 0.6) is 5.75 Å². The van der Waals surface area contributed by atoms with E-state index in [1.807, 2.05) is 37.3 Å². The quantitative estimate of drug-likeness (QED) is 0.725. The molecule has 1 unspecified atom stereocenters. The smallest absolute Gasteiger partial charge is 0.119 e. The van der Waals surface area contributed by atoms with Gasteiger partial charge in [-0.15, -0.1) is 0 Å². The average Bonchev–Trinajstić information content (AvgIpc) is 2.19. The van der Waals surface area contributed by atoms with Gasteiger partial charge in [-0.25, -0.2) is 0 Å².